The third-order valence-electron chi connectivity index (χ3n) is 4.44. The van der Waals surface area contributed by atoms with Gasteiger partial charge >= 0.3 is 18.0 Å². The molecule has 1 aromatic heterocycles. The van der Waals surface area contributed by atoms with Gasteiger partial charge in [-0.05, 0) is 37.4 Å². The Balaban J connectivity index is 1.93. The van der Waals surface area contributed by atoms with E-state index in [0.717, 1.165) is 0 Å². The monoisotopic (exact) mass is 461 g/mol. The van der Waals surface area contributed by atoms with Crippen molar-refractivity contribution < 1.29 is 33.2 Å². The molecule has 0 bridgehead atoms. The Labute approximate surface area is 186 Å². The average molecular weight is 461 g/mol. The Morgan fingerprint density at radius 3 is 2.66 bits per heavy atom. The Bertz CT molecular complexity index is 1080. The predicted octanol–water partition coefficient (Wildman–Crippen LogP) is 2.94. The van der Waals surface area contributed by atoms with Crippen LogP contribution in [-0.2, 0) is 14.3 Å². The van der Waals surface area contributed by atoms with E-state index in [-0.39, 0.29) is 29.2 Å². The first-order valence-electron chi connectivity index (χ1n) is 9.36. The third kappa shape index (κ3) is 4.91. The molecule has 0 spiro atoms. The van der Waals surface area contributed by atoms with E-state index in [1.54, 1.807) is 25.3 Å². The molecular weight excluding hydrogens is 442 g/mol. The van der Waals surface area contributed by atoms with Crippen LogP contribution in [-0.4, -0.2) is 42.4 Å². The van der Waals surface area contributed by atoms with Crippen molar-refractivity contribution in [1.29, 1.82) is 0 Å². The Morgan fingerprint density at radius 1 is 1.25 bits per heavy atom. The molecule has 3 rings (SSSR count). The van der Waals surface area contributed by atoms with Crippen LogP contribution in [0.25, 0.3) is 0 Å². The molecule has 1 atom stereocenters. The molecule has 1 aliphatic heterocycles. The second kappa shape index (κ2) is 10.0. The number of benzene rings is 1. The molecule has 12 heteroatoms. The summed E-state index contributed by atoms with van der Waals surface area (Å²) in [6, 6.07) is 5.60. The van der Waals surface area contributed by atoms with Crippen LogP contribution in [0.3, 0.4) is 0 Å². The van der Waals surface area contributed by atoms with Gasteiger partial charge in [-0.25, -0.2) is 14.4 Å². The summed E-state index contributed by atoms with van der Waals surface area (Å²) in [5.74, 6) is -1.46. The SMILES string of the molecule is CCOC(=O)C1=C(COC(=O)c2cc(SC)ccc2[N+](=O)[O-])NC(=O)NC1c1ccco1. The lowest BCUT2D eigenvalue weighted by Crippen LogP contribution is -2.47. The van der Waals surface area contributed by atoms with Crippen LogP contribution < -0.4 is 10.6 Å². The molecule has 0 radical (unpaired) electrons. The molecule has 1 unspecified atom stereocenters. The van der Waals surface area contributed by atoms with Crippen molar-refractivity contribution in [2.75, 3.05) is 19.5 Å². The zero-order valence-electron chi connectivity index (χ0n) is 17.1. The number of hydrogen-bond acceptors (Lipinski definition) is 9. The van der Waals surface area contributed by atoms with Gasteiger partial charge in [0, 0.05) is 11.0 Å². The van der Waals surface area contributed by atoms with E-state index in [2.05, 4.69) is 10.6 Å². The molecule has 168 valence electrons. The number of nitrogens with zero attached hydrogens (tertiary/aromatic N) is 1. The van der Waals surface area contributed by atoms with Crippen molar-refractivity contribution in [1.82, 2.24) is 10.6 Å². The number of nitro benzene ring substituents is 1. The van der Waals surface area contributed by atoms with Crippen LogP contribution in [0.4, 0.5) is 10.5 Å². The van der Waals surface area contributed by atoms with Crippen LogP contribution in [0.1, 0.15) is 29.1 Å². The zero-order chi connectivity index (χ0) is 23.3. The normalized spacial score (nSPS) is 15.6. The summed E-state index contributed by atoms with van der Waals surface area (Å²) < 4.78 is 15.6. The first-order chi connectivity index (χ1) is 15.3. The van der Waals surface area contributed by atoms with Gasteiger partial charge in [0.15, 0.2) is 0 Å². The average Bonchev–Trinajstić information content (AvgIpc) is 3.31. The number of nitrogens with one attached hydrogen (secondary N) is 2. The summed E-state index contributed by atoms with van der Waals surface area (Å²) in [6.07, 6.45) is 3.13. The van der Waals surface area contributed by atoms with E-state index in [1.807, 2.05) is 0 Å². The minimum atomic E-state index is -0.981. The van der Waals surface area contributed by atoms with E-state index in [4.69, 9.17) is 13.9 Å². The molecule has 2 amide bonds. The van der Waals surface area contributed by atoms with Gasteiger partial charge in [-0.2, -0.15) is 0 Å². The number of furan rings is 1. The molecule has 1 aromatic carbocycles. The molecule has 0 aliphatic carbocycles. The van der Waals surface area contributed by atoms with Crippen molar-refractivity contribution >= 4 is 35.4 Å². The summed E-state index contributed by atoms with van der Waals surface area (Å²) >= 11 is 1.30. The van der Waals surface area contributed by atoms with Gasteiger partial charge in [0.05, 0.1) is 29.1 Å². The number of carbonyl (C=O) groups excluding carboxylic acids is 3. The van der Waals surface area contributed by atoms with Crippen LogP contribution in [0.5, 0.6) is 0 Å². The lowest BCUT2D eigenvalue weighted by Gasteiger charge is -2.27. The van der Waals surface area contributed by atoms with Crippen molar-refractivity contribution in [3.8, 4) is 0 Å². The number of urea groups is 1. The first kappa shape index (κ1) is 22.9. The van der Waals surface area contributed by atoms with Crippen LogP contribution in [0.15, 0.2) is 57.2 Å². The molecule has 2 aromatic rings. The van der Waals surface area contributed by atoms with Gasteiger partial charge in [-0.15, -0.1) is 11.8 Å². The quantitative estimate of drug-likeness (QED) is 0.262. The zero-order valence-corrected chi connectivity index (χ0v) is 17.9. The summed E-state index contributed by atoms with van der Waals surface area (Å²) in [7, 11) is 0. The van der Waals surface area contributed by atoms with E-state index < -0.39 is 41.2 Å². The van der Waals surface area contributed by atoms with Gasteiger partial charge in [0.25, 0.3) is 5.69 Å². The lowest BCUT2D eigenvalue weighted by atomic mass is 10.0. The van der Waals surface area contributed by atoms with Crippen LogP contribution >= 0.6 is 11.8 Å². The minimum Gasteiger partial charge on any atom is -0.467 e. The largest absolute Gasteiger partial charge is 0.467 e. The highest BCUT2D eigenvalue weighted by Gasteiger charge is 2.36. The second-order valence-corrected chi connectivity index (χ2v) is 7.26. The number of rotatable bonds is 8. The predicted molar refractivity (Wildman–Crippen MR) is 112 cm³/mol. The Kier molecular flexibility index (Phi) is 7.15. The van der Waals surface area contributed by atoms with E-state index in [0.29, 0.717) is 4.90 Å². The smallest absolute Gasteiger partial charge is 0.345 e. The highest BCUT2D eigenvalue weighted by atomic mass is 32.2. The van der Waals surface area contributed by atoms with E-state index >= 15 is 0 Å². The van der Waals surface area contributed by atoms with Crippen LogP contribution in [0, 0.1) is 10.1 Å². The summed E-state index contributed by atoms with van der Waals surface area (Å²) in [5, 5.41) is 16.3. The minimum absolute atomic E-state index is 0.0124. The maximum atomic E-state index is 12.7. The highest BCUT2D eigenvalue weighted by molar-refractivity contribution is 7.98. The maximum Gasteiger partial charge on any atom is 0.345 e. The molecule has 2 heterocycles. The van der Waals surface area contributed by atoms with E-state index in [1.165, 1.54) is 36.2 Å². The number of amides is 2. The topological polar surface area (TPSA) is 150 Å². The third-order valence-corrected chi connectivity index (χ3v) is 5.17. The molecule has 2 N–H and O–H groups in total. The number of carbonyl (C=O) groups is 3. The Morgan fingerprint density at radius 2 is 2.03 bits per heavy atom. The summed E-state index contributed by atoms with van der Waals surface area (Å²) in [4.78, 5) is 48.7. The molecule has 32 heavy (non-hydrogen) atoms. The second-order valence-electron chi connectivity index (χ2n) is 6.38. The molecule has 0 saturated heterocycles. The highest BCUT2D eigenvalue weighted by Crippen LogP contribution is 2.29. The summed E-state index contributed by atoms with van der Waals surface area (Å²) in [6.45, 7) is 1.16. The van der Waals surface area contributed by atoms with Gasteiger partial charge in [-0.1, -0.05) is 0 Å². The summed E-state index contributed by atoms with van der Waals surface area (Å²) in [5.41, 5.74) is -0.703. The van der Waals surface area contributed by atoms with Gasteiger partial charge in [0.1, 0.15) is 24.0 Å². The number of nitro groups is 1. The van der Waals surface area contributed by atoms with Crippen LogP contribution in [0.2, 0.25) is 0 Å². The van der Waals surface area contributed by atoms with E-state index in [9.17, 15) is 24.5 Å². The molecular formula is C20H19N3O8S. The number of ether oxygens (including phenoxy) is 2. The maximum absolute atomic E-state index is 12.7. The Hall–Kier alpha value is -3.80. The van der Waals surface area contributed by atoms with Gasteiger partial charge < -0.3 is 24.5 Å². The number of hydrogen-bond donors (Lipinski definition) is 2. The molecule has 11 nitrogen and oxygen atoms in total. The van der Waals surface area contributed by atoms with Crippen molar-refractivity contribution in [3.05, 3.63) is 69.3 Å². The van der Waals surface area contributed by atoms with Crippen molar-refractivity contribution in [2.45, 2.75) is 17.9 Å². The standard InChI is InChI=1S/C20H19N3O8S/c1-3-29-19(25)16-13(21-20(26)22-17(16)15-5-4-8-30-15)10-31-18(24)12-9-11(32-2)6-7-14(12)23(27)28/h4-9,17H,3,10H2,1-2H3,(H2,21,22,26). The molecule has 1 aliphatic rings. The fourth-order valence-corrected chi connectivity index (χ4v) is 3.47. The van der Waals surface area contributed by atoms with Gasteiger partial charge in [0.2, 0.25) is 0 Å². The molecule has 0 fully saturated rings. The number of esters is 2. The fraction of sp³-hybridized carbons (Fsp3) is 0.250. The lowest BCUT2D eigenvalue weighted by molar-refractivity contribution is -0.385. The van der Waals surface area contributed by atoms with Gasteiger partial charge in [-0.3, -0.25) is 10.1 Å². The molecule has 0 saturated carbocycles. The van der Waals surface area contributed by atoms with Crippen molar-refractivity contribution in [3.63, 3.8) is 0 Å². The fourth-order valence-electron chi connectivity index (χ4n) is 3.03. The number of thioether (sulfide) groups is 1. The first-order valence-corrected chi connectivity index (χ1v) is 10.6. The van der Waals surface area contributed by atoms with Crippen molar-refractivity contribution in [2.24, 2.45) is 0 Å².